The molecule has 5 rings (SSSR count). The number of hydrogen-bond acceptors (Lipinski definition) is 6. The van der Waals surface area contributed by atoms with Gasteiger partial charge in [0.25, 0.3) is 0 Å². The summed E-state index contributed by atoms with van der Waals surface area (Å²) in [6, 6.07) is 0. The second-order valence-corrected chi connectivity index (χ2v) is 8.95. The van der Waals surface area contributed by atoms with E-state index in [2.05, 4.69) is 14.9 Å². The number of rotatable bonds is 6. The Kier molecular flexibility index (Phi) is 5.06. The Labute approximate surface area is 176 Å². The Hall–Kier alpha value is -2.32. The van der Waals surface area contributed by atoms with Crippen LogP contribution >= 0.6 is 0 Å². The summed E-state index contributed by atoms with van der Waals surface area (Å²) >= 11 is 0. The van der Waals surface area contributed by atoms with Crippen LogP contribution < -0.4 is 0 Å². The number of fused-ring (bicyclic) bond motifs is 1. The van der Waals surface area contributed by atoms with Gasteiger partial charge in [-0.3, -0.25) is 19.6 Å². The van der Waals surface area contributed by atoms with E-state index in [4.69, 9.17) is 4.74 Å². The first-order chi connectivity index (χ1) is 14.6. The third kappa shape index (κ3) is 3.32. The van der Waals surface area contributed by atoms with Crippen LogP contribution in [0.1, 0.15) is 25.0 Å². The molecule has 3 saturated heterocycles. The molecule has 4 aliphatic heterocycles. The van der Waals surface area contributed by atoms with Crippen LogP contribution in [-0.2, 0) is 20.9 Å². The molecule has 160 valence electrons. The zero-order valence-electron chi connectivity index (χ0n) is 17.4. The van der Waals surface area contributed by atoms with E-state index in [1.165, 1.54) is 19.3 Å². The normalized spacial score (nSPS) is 32.6. The molecular formula is C22H29N5O3. The molecular weight excluding hydrogens is 382 g/mol. The molecule has 2 bridgehead atoms. The molecule has 0 aliphatic carbocycles. The van der Waals surface area contributed by atoms with Gasteiger partial charge in [0.1, 0.15) is 5.60 Å². The maximum Gasteiger partial charge on any atom is 0.230 e. The van der Waals surface area contributed by atoms with Crippen LogP contribution in [0.3, 0.4) is 0 Å². The quantitative estimate of drug-likeness (QED) is 0.642. The Balaban J connectivity index is 1.28. The van der Waals surface area contributed by atoms with E-state index in [0.29, 0.717) is 19.6 Å². The summed E-state index contributed by atoms with van der Waals surface area (Å²) in [5, 5.41) is 0. The molecule has 4 atom stereocenters. The molecule has 0 saturated carbocycles. The van der Waals surface area contributed by atoms with Crippen LogP contribution in [0.5, 0.6) is 0 Å². The summed E-state index contributed by atoms with van der Waals surface area (Å²) in [4.78, 5) is 41.0. The van der Waals surface area contributed by atoms with Crippen molar-refractivity contribution in [3.63, 3.8) is 0 Å². The van der Waals surface area contributed by atoms with Gasteiger partial charge in [0.15, 0.2) is 0 Å². The molecule has 8 heteroatoms. The maximum atomic E-state index is 13.3. The second kappa shape index (κ2) is 7.74. The lowest BCUT2D eigenvalue weighted by atomic mass is 9.76. The fourth-order valence-electron chi connectivity index (χ4n) is 5.48. The molecule has 30 heavy (non-hydrogen) atoms. The average molecular weight is 412 g/mol. The molecule has 3 fully saturated rings. The third-order valence-electron chi connectivity index (χ3n) is 6.99. The van der Waals surface area contributed by atoms with Crippen molar-refractivity contribution in [1.29, 1.82) is 0 Å². The van der Waals surface area contributed by atoms with Crippen LogP contribution in [0.4, 0.5) is 0 Å². The third-order valence-corrected chi connectivity index (χ3v) is 6.99. The minimum absolute atomic E-state index is 0.0603. The van der Waals surface area contributed by atoms with E-state index in [9.17, 15) is 9.59 Å². The average Bonchev–Trinajstić information content (AvgIpc) is 3.41. The van der Waals surface area contributed by atoms with Gasteiger partial charge in [-0.05, 0) is 25.9 Å². The van der Waals surface area contributed by atoms with Crippen LogP contribution in [0.2, 0.25) is 0 Å². The molecule has 0 radical (unpaired) electrons. The molecule has 1 aromatic heterocycles. The van der Waals surface area contributed by atoms with Crippen molar-refractivity contribution in [3.8, 4) is 0 Å². The molecule has 1 spiro atoms. The highest BCUT2D eigenvalue weighted by Crippen LogP contribution is 2.52. The van der Waals surface area contributed by atoms with Crippen LogP contribution in [0.25, 0.3) is 0 Å². The van der Waals surface area contributed by atoms with E-state index in [1.807, 2.05) is 17.1 Å². The summed E-state index contributed by atoms with van der Waals surface area (Å²) in [6.45, 7) is 4.75. The van der Waals surface area contributed by atoms with E-state index in [-0.39, 0.29) is 17.9 Å². The number of piperidine rings is 1. The minimum atomic E-state index is -0.642. The topological polar surface area (TPSA) is 78.9 Å². The number of amides is 2. The number of carbonyl (C=O) groups is 2. The predicted molar refractivity (Wildman–Crippen MR) is 109 cm³/mol. The van der Waals surface area contributed by atoms with Crippen molar-refractivity contribution in [2.24, 2.45) is 11.8 Å². The molecule has 2 unspecified atom stereocenters. The Morgan fingerprint density at radius 2 is 2.10 bits per heavy atom. The van der Waals surface area contributed by atoms with Crippen molar-refractivity contribution in [2.75, 3.05) is 39.8 Å². The van der Waals surface area contributed by atoms with Gasteiger partial charge in [-0.15, -0.1) is 0 Å². The van der Waals surface area contributed by atoms with Crippen LogP contribution in [-0.4, -0.2) is 88.0 Å². The first-order valence-corrected chi connectivity index (χ1v) is 11.0. The number of likely N-dealkylation sites (tertiary alicyclic amines) is 2. The SMILES string of the molecule is CN(Cc1cnccn1)C(=O)C1C2C(=O)N(CCN3CCCCC3)C[C@]23C=C[C@H]1O3. The van der Waals surface area contributed by atoms with Gasteiger partial charge in [0, 0.05) is 32.5 Å². The zero-order chi connectivity index (χ0) is 20.7. The van der Waals surface area contributed by atoms with Crippen molar-refractivity contribution >= 4 is 11.8 Å². The fraction of sp³-hybridized carbons (Fsp3) is 0.636. The predicted octanol–water partition coefficient (Wildman–Crippen LogP) is 0.703. The molecule has 5 heterocycles. The Morgan fingerprint density at radius 3 is 2.87 bits per heavy atom. The van der Waals surface area contributed by atoms with Crippen LogP contribution in [0, 0.1) is 11.8 Å². The molecule has 1 aromatic rings. The van der Waals surface area contributed by atoms with E-state index in [0.717, 1.165) is 25.3 Å². The number of nitrogens with zero attached hydrogens (tertiary/aromatic N) is 5. The van der Waals surface area contributed by atoms with Gasteiger partial charge in [-0.25, -0.2) is 0 Å². The van der Waals surface area contributed by atoms with Crippen LogP contribution in [0.15, 0.2) is 30.7 Å². The summed E-state index contributed by atoms with van der Waals surface area (Å²) in [7, 11) is 1.76. The largest absolute Gasteiger partial charge is 0.360 e. The zero-order valence-corrected chi connectivity index (χ0v) is 17.4. The molecule has 0 aromatic carbocycles. The van der Waals surface area contributed by atoms with Gasteiger partial charge < -0.3 is 19.4 Å². The Morgan fingerprint density at radius 1 is 1.27 bits per heavy atom. The number of ether oxygens (including phenoxy) is 1. The molecule has 4 aliphatic rings. The number of hydrogen-bond donors (Lipinski definition) is 0. The summed E-state index contributed by atoms with van der Waals surface area (Å²) in [6.07, 6.45) is 12.3. The van der Waals surface area contributed by atoms with Crippen molar-refractivity contribution in [2.45, 2.75) is 37.5 Å². The minimum Gasteiger partial charge on any atom is -0.360 e. The van der Waals surface area contributed by atoms with Gasteiger partial charge in [-0.1, -0.05) is 18.6 Å². The first-order valence-electron chi connectivity index (χ1n) is 11.0. The highest BCUT2D eigenvalue weighted by atomic mass is 16.5. The maximum absolute atomic E-state index is 13.3. The molecule has 0 N–H and O–H groups in total. The Bertz CT molecular complexity index is 840. The van der Waals surface area contributed by atoms with E-state index >= 15 is 0 Å². The lowest BCUT2D eigenvalue weighted by Gasteiger charge is -2.29. The van der Waals surface area contributed by atoms with E-state index in [1.54, 1.807) is 30.5 Å². The summed E-state index contributed by atoms with van der Waals surface area (Å²) < 4.78 is 6.25. The molecule has 2 amide bonds. The lowest BCUT2D eigenvalue weighted by molar-refractivity contribution is -0.142. The fourth-order valence-corrected chi connectivity index (χ4v) is 5.48. The van der Waals surface area contributed by atoms with Crippen molar-refractivity contribution < 1.29 is 14.3 Å². The summed E-state index contributed by atoms with van der Waals surface area (Å²) in [5.74, 6) is -0.895. The molecule has 8 nitrogen and oxygen atoms in total. The van der Waals surface area contributed by atoms with Crippen molar-refractivity contribution in [1.82, 2.24) is 24.7 Å². The number of aromatic nitrogens is 2. The van der Waals surface area contributed by atoms with Gasteiger partial charge in [0.05, 0.1) is 42.9 Å². The van der Waals surface area contributed by atoms with Crippen molar-refractivity contribution in [3.05, 3.63) is 36.4 Å². The monoisotopic (exact) mass is 411 g/mol. The standard InChI is InChI=1S/C22H29N5O3/c1-25(14-16-13-23-7-8-24-16)20(28)18-17-5-6-22(30-17)15-27(21(29)19(18)22)12-11-26-9-3-2-4-10-26/h5-8,13,17-19H,2-4,9-12,14-15H2,1H3/t17-,18?,19?,22-/m1/s1. The highest BCUT2D eigenvalue weighted by molar-refractivity contribution is 5.93. The first kappa shape index (κ1) is 19.6. The van der Waals surface area contributed by atoms with Gasteiger partial charge >= 0.3 is 0 Å². The smallest absolute Gasteiger partial charge is 0.230 e. The highest BCUT2D eigenvalue weighted by Gasteiger charge is 2.67. The second-order valence-electron chi connectivity index (χ2n) is 8.95. The van der Waals surface area contributed by atoms with Gasteiger partial charge in [0.2, 0.25) is 11.8 Å². The summed E-state index contributed by atoms with van der Waals surface area (Å²) in [5.41, 5.74) is 0.0840. The van der Waals surface area contributed by atoms with E-state index < -0.39 is 17.4 Å². The lowest BCUT2D eigenvalue weighted by Crippen LogP contribution is -2.45. The number of carbonyl (C=O) groups excluding carboxylic acids is 2. The van der Waals surface area contributed by atoms with Gasteiger partial charge in [-0.2, -0.15) is 0 Å².